The van der Waals surface area contributed by atoms with Crippen LogP contribution in [0.15, 0.2) is 66.9 Å². The van der Waals surface area contributed by atoms with E-state index in [9.17, 15) is 4.79 Å². The number of piperazine rings is 1. The molecule has 0 atom stereocenters. The van der Waals surface area contributed by atoms with Crippen molar-refractivity contribution in [3.8, 4) is 28.1 Å². The minimum Gasteiger partial charge on any atom is -0.494 e. The van der Waals surface area contributed by atoms with Crippen LogP contribution >= 0.6 is 0 Å². The summed E-state index contributed by atoms with van der Waals surface area (Å²) in [5.41, 5.74) is 7.72. The molecule has 1 aliphatic rings. The third-order valence-electron chi connectivity index (χ3n) is 7.30. The van der Waals surface area contributed by atoms with Gasteiger partial charge in [-0.15, -0.1) is 0 Å². The van der Waals surface area contributed by atoms with Crippen molar-refractivity contribution in [2.24, 2.45) is 5.41 Å². The number of nitrogens with zero attached hydrogens (tertiary/aromatic N) is 4. The number of fused-ring (bicyclic) bond motifs is 1. The first-order chi connectivity index (χ1) is 18.7. The van der Waals surface area contributed by atoms with Gasteiger partial charge >= 0.3 is 0 Å². The zero-order chi connectivity index (χ0) is 27.6. The number of aryl methyl sites for hydroxylation is 1. The Labute approximate surface area is 232 Å². The van der Waals surface area contributed by atoms with E-state index in [1.807, 2.05) is 24.0 Å². The number of imidazole rings is 1. The molecule has 0 aliphatic carbocycles. The number of pyridine rings is 1. The van der Waals surface area contributed by atoms with Crippen LogP contribution < -0.4 is 4.74 Å². The van der Waals surface area contributed by atoms with Gasteiger partial charge < -0.3 is 14.0 Å². The first kappa shape index (κ1) is 26.9. The Bertz CT molecular complexity index is 1440. The van der Waals surface area contributed by atoms with Gasteiger partial charge in [-0.05, 0) is 54.7 Å². The number of aromatic nitrogens is 2. The zero-order valence-corrected chi connectivity index (χ0v) is 23.9. The standard InChI is InChI=1S/C33H40N4O2/c1-6-39-28-9-7-8-26(20-28)27-14-15-30-34-32(25-12-10-24(2)11-13-25)29(37(30)22-27)23-35-16-18-36(19-17-35)31(38)21-33(3,4)5/h7-15,20,22H,6,16-19,21,23H2,1-5H3. The molecule has 0 unspecified atom stereocenters. The van der Waals surface area contributed by atoms with Gasteiger partial charge in [0.25, 0.3) is 0 Å². The van der Waals surface area contributed by atoms with Crippen LogP contribution in [-0.4, -0.2) is 57.9 Å². The molecular weight excluding hydrogens is 484 g/mol. The maximum Gasteiger partial charge on any atom is 0.223 e. The second-order valence-electron chi connectivity index (χ2n) is 11.8. The molecule has 204 valence electrons. The molecule has 0 bridgehead atoms. The van der Waals surface area contributed by atoms with Crippen LogP contribution in [0.5, 0.6) is 5.75 Å². The lowest BCUT2D eigenvalue weighted by Gasteiger charge is -2.36. The van der Waals surface area contributed by atoms with E-state index >= 15 is 0 Å². The van der Waals surface area contributed by atoms with Crippen molar-refractivity contribution in [1.29, 1.82) is 0 Å². The van der Waals surface area contributed by atoms with Crippen molar-refractivity contribution in [2.45, 2.75) is 47.6 Å². The van der Waals surface area contributed by atoms with Gasteiger partial charge in [-0.1, -0.05) is 62.7 Å². The lowest BCUT2D eigenvalue weighted by atomic mass is 9.91. The van der Waals surface area contributed by atoms with Gasteiger partial charge in [-0.25, -0.2) is 4.98 Å². The second kappa shape index (κ2) is 11.2. The number of hydrogen-bond acceptors (Lipinski definition) is 4. The maximum absolute atomic E-state index is 12.8. The summed E-state index contributed by atoms with van der Waals surface area (Å²) in [5, 5.41) is 0. The summed E-state index contributed by atoms with van der Waals surface area (Å²) in [6.45, 7) is 15.1. The van der Waals surface area contributed by atoms with E-state index in [4.69, 9.17) is 9.72 Å². The maximum atomic E-state index is 12.8. The van der Waals surface area contributed by atoms with E-state index in [1.54, 1.807) is 0 Å². The van der Waals surface area contributed by atoms with Crippen LogP contribution in [0.3, 0.4) is 0 Å². The molecule has 0 N–H and O–H groups in total. The normalized spacial score (nSPS) is 14.6. The summed E-state index contributed by atoms with van der Waals surface area (Å²) < 4.78 is 7.99. The molecule has 5 rings (SSSR count). The summed E-state index contributed by atoms with van der Waals surface area (Å²) in [6.07, 6.45) is 2.79. The van der Waals surface area contributed by atoms with Gasteiger partial charge in [0.2, 0.25) is 5.91 Å². The average Bonchev–Trinajstić information content (AvgIpc) is 3.26. The van der Waals surface area contributed by atoms with Crippen molar-refractivity contribution in [2.75, 3.05) is 32.8 Å². The highest BCUT2D eigenvalue weighted by Gasteiger charge is 2.26. The number of carbonyl (C=O) groups excluding carboxylic acids is 1. The topological polar surface area (TPSA) is 50.1 Å². The number of hydrogen-bond donors (Lipinski definition) is 0. The Morgan fingerprint density at radius 1 is 0.923 bits per heavy atom. The Kier molecular flexibility index (Phi) is 7.76. The molecule has 1 fully saturated rings. The van der Waals surface area contributed by atoms with Crippen molar-refractivity contribution >= 4 is 11.6 Å². The summed E-state index contributed by atoms with van der Waals surface area (Å²) in [6, 6.07) is 21.1. The van der Waals surface area contributed by atoms with Crippen molar-refractivity contribution in [3.63, 3.8) is 0 Å². The third-order valence-corrected chi connectivity index (χ3v) is 7.30. The Balaban J connectivity index is 1.46. The largest absolute Gasteiger partial charge is 0.494 e. The fourth-order valence-corrected chi connectivity index (χ4v) is 5.22. The Morgan fingerprint density at radius 3 is 2.33 bits per heavy atom. The third kappa shape index (κ3) is 6.34. The molecule has 0 saturated carbocycles. The smallest absolute Gasteiger partial charge is 0.223 e. The van der Waals surface area contributed by atoms with E-state index < -0.39 is 0 Å². The van der Waals surface area contributed by atoms with E-state index in [0.717, 1.165) is 66.5 Å². The molecule has 1 saturated heterocycles. The van der Waals surface area contributed by atoms with Gasteiger partial charge in [0, 0.05) is 50.9 Å². The van der Waals surface area contributed by atoms with Crippen LogP contribution in [0.4, 0.5) is 0 Å². The molecule has 3 heterocycles. The summed E-state index contributed by atoms with van der Waals surface area (Å²) in [5.74, 6) is 1.14. The lowest BCUT2D eigenvalue weighted by molar-refractivity contribution is -0.134. The van der Waals surface area contributed by atoms with Crippen LogP contribution in [0.25, 0.3) is 28.0 Å². The SMILES string of the molecule is CCOc1cccc(-c2ccc3nc(-c4ccc(C)cc4)c(CN4CCN(C(=O)CC(C)(C)C)CC4)n3c2)c1. The lowest BCUT2D eigenvalue weighted by Crippen LogP contribution is -2.49. The molecule has 6 nitrogen and oxygen atoms in total. The first-order valence-corrected chi connectivity index (χ1v) is 14.0. The summed E-state index contributed by atoms with van der Waals surface area (Å²) in [7, 11) is 0. The summed E-state index contributed by atoms with van der Waals surface area (Å²) >= 11 is 0. The molecular formula is C33H40N4O2. The fourth-order valence-electron chi connectivity index (χ4n) is 5.22. The van der Waals surface area contributed by atoms with E-state index in [0.29, 0.717) is 13.0 Å². The zero-order valence-electron chi connectivity index (χ0n) is 23.9. The number of amides is 1. The number of carbonyl (C=O) groups is 1. The quantitative estimate of drug-likeness (QED) is 0.279. The molecule has 1 amide bonds. The second-order valence-corrected chi connectivity index (χ2v) is 11.8. The Morgan fingerprint density at radius 2 is 1.64 bits per heavy atom. The minimum absolute atomic E-state index is 0.00750. The summed E-state index contributed by atoms with van der Waals surface area (Å²) in [4.78, 5) is 22.4. The first-order valence-electron chi connectivity index (χ1n) is 14.0. The van der Waals surface area contributed by atoms with Gasteiger partial charge in [0.1, 0.15) is 11.4 Å². The molecule has 2 aromatic heterocycles. The predicted molar refractivity (Wildman–Crippen MR) is 158 cm³/mol. The van der Waals surface area contributed by atoms with Crippen LogP contribution in [0.2, 0.25) is 0 Å². The van der Waals surface area contributed by atoms with E-state index in [2.05, 4.69) is 91.7 Å². The van der Waals surface area contributed by atoms with Crippen molar-refractivity contribution in [3.05, 3.63) is 78.1 Å². The molecule has 0 radical (unpaired) electrons. The average molecular weight is 525 g/mol. The van der Waals surface area contributed by atoms with Gasteiger partial charge in [0.15, 0.2) is 0 Å². The van der Waals surface area contributed by atoms with E-state index in [1.165, 1.54) is 11.3 Å². The number of rotatable bonds is 7. The van der Waals surface area contributed by atoms with Crippen molar-refractivity contribution < 1.29 is 9.53 Å². The van der Waals surface area contributed by atoms with Crippen LogP contribution in [0, 0.1) is 12.3 Å². The molecule has 39 heavy (non-hydrogen) atoms. The molecule has 2 aromatic carbocycles. The Hall–Kier alpha value is -3.64. The molecule has 1 aliphatic heterocycles. The van der Waals surface area contributed by atoms with Crippen molar-refractivity contribution in [1.82, 2.24) is 19.2 Å². The van der Waals surface area contributed by atoms with Crippen LogP contribution in [-0.2, 0) is 11.3 Å². The number of ether oxygens (including phenoxy) is 1. The monoisotopic (exact) mass is 524 g/mol. The number of benzene rings is 2. The minimum atomic E-state index is 0.00750. The molecule has 0 spiro atoms. The highest BCUT2D eigenvalue weighted by molar-refractivity contribution is 5.77. The predicted octanol–water partition coefficient (Wildman–Crippen LogP) is 6.46. The fraction of sp³-hybridized carbons (Fsp3) is 0.394. The van der Waals surface area contributed by atoms with E-state index in [-0.39, 0.29) is 11.3 Å². The van der Waals surface area contributed by atoms with Crippen LogP contribution in [0.1, 0.15) is 45.4 Å². The highest BCUT2D eigenvalue weighted by Crippen LogP contribution is 2.30. The molecule has 6 heteroatoms. The van der Waals surface area contributed by atoms with Gasteiger partial charge in [-0.2, -0.15) is 0 Å². The molecule has 4 aromatic rings. The van der Waals surface area contributed by atoms with Gasteiger partial charge in [-0.3, -0.25) is 9.69 Å². The highest BCUT2D eigenvalue weighted by atomic mass is 16.5. The van der Waals surface area contributed by atoms with Gasteiger partial charge in [0.05, 0.1) is 18.0 Å².